The highest BCUT2D eigenvalue weighted by Gasteiger charge is 2.40. The van der Waals surface area contributed by atoms with E-state index in [2.05, 4.69) is 15.5 Å². The minimum Gasteiger partial charge on any atom is -0.378 e. The minimum absolute atomic E-state index is 0.00564. The van der Waals surface area contributed by atoms with Crippen LogP contribution in [-0.2, 0) is 4.74 Å². The molecule has 6 nitrogen and oxygen atoms in total. The minimum atomic E-state index is -0.00564. The maximum atomic E-state index is 13.2. The second kappa shape index (κ2) is 7.33. The van der Waals surface area contributed by atoms with Crippen molar-refractivity contribution in [2.75, 3.05) is 31.6 Å². The third-order valence-corrected chi connectivity index (χ3v) is 6.42. The molecule has 1 amide bonds. The first-order valence-corrected chi connectivity index (χ1v) is 10.4. The SMILES string of the molecule is O=C(c1nnc(Nc2cccc(Cl)c2)c2c1C1CCC2CC1)N1CCOCC1. The van der Waals surface area contributed by atoms with E-state index >= 15 is 0 Å². The predicted molar refractivity (Wildman–Crippen MR) is 107 cm³/mol. The van der Waals surface area contributed by atoms with Gasteiger partial charge in [-0.2, -0.15) is 0 Å². The average molecular weight is 399 g/mol. The fourth-order valence-electron chi connectivity index (χ4n) is 4.83. The van der Waals surface area contributed by atoms with Gasteiger partial charge in [0.15, 0.2) is 11.5 Å². The molecule has 1 aromatic carbocycles. The second-order valence-corrected chi connectivity index (χ2v) is 8.25. The van der Waals surface area contributed by atoms with Crippen molar-refractivity contribution in [2.45, 2.75) is 37.5 Å². The maximum Gasteiger partial charge on any atom is 0.274 e. The van der Waals surface area contributed by atoms with Crippen molar-refractivity contribution in [1.29, 1.82) is 0 Å². The first-order chi connectivity index (χ1) is 13.7. The molecule has 0 atom stereocenters. The van der Waals surface area contributed by atoms with E-state index in [-0.39, 0.29) is 5.91 Å². The van der Waals surface area contributed by atoms with E-state index in [1.807, 2.05) is 29.2 Å². The highest BCUT2D eigenvalue weighted by atomic mass is 35.5. The summed E-state index contributed by atoms with van der Waals surface area (Å²) in [6, 6.07) is 7.60. The van der Waals surface area contributed by atoms with Gasteiger partial charge in [0.05, 0.1) is 13.2 Å². The van der Waals surface area contributed by atoms with Gasteiger partial charge in [0.25, 0.3) is 5.91 Å². The lowest BCUT2D eigenvalue weighted by Crippen LogP contribution is -2.42. The number of fused-ring (bicyclic) bond motifs is 2. The Kier molecular flexibility index (Phi) is 4.69. The monoisotopic (exact) mass is 398 g/mol. The van der Waals surface area contributed by atoms with Gasteiger partial charge >= 0.3 is 0 Å². The Balaban J connectivity index is 1.55. The first-order valence-electron chi connectivity index (χ1n) is 10.0. The molecule has 6 rings (SSSR count). The molecule has 1 aromatic heterocycles. The summed E-state index contributed by atoms with van der Waals surface area (Å²) >= 11 is 6.13. The third kappa shape index (κ3) is 3.14. The lowest BCUT2D eigenvalue weighted by Gasteiger charge is -2.40. The number of hydrogen-bond donors (Lipinski definition) is 1. The Hall–Kier alpha value is -2.18. The van der Waals surface area contributed by atoms with Crippen LogP contribution in [0, 0.1) is 0 Å². The summed E-state index contributed by atoms with van der Waals surface area (Å²) in [5.41, 5.74) is 3.74. The third-order valence-electron chi connectivity index (χ3n) is 6.18. The van der Waals surface area contributed by atoms with Gasteiger partial charge in [-0.05, 0) is 61.3 Å². The summed E-state index contributed by atoms with van der Waals surface area (Å²) in [5, 5.41) is 13.0. The number of rotatable bonds is 3. The molecule has 3 aliphatic carbocycles. The van der Waals surface area contributed by atoms with Crippen molar-refractivity contribution in [2.24, 2.45) is 0 Å². The van der Waals surface area contributed by atoms with Gasteiger partial charge in [-0.1, -0.05) is 17.7 Å². The Morgan fingerprint density at radius 3 is 2.50 bits per heavy atom. The molecule has 146 valence electrons. The number of carbonyl (C=O) groups excluding carboxylic acids is 1. The number of halogens is 1. The summed E-state index contributed by atoms with van der Waals surface area (Å²) in [4.78, 5) is 15.0. The van der Waals surface area contributed by atoms with E-state index in [0.717, 1.165) is 42.8 Å². The Labute approximate surface area is 169 Å². The molecule has 2 fully saturated rings. The van der Waals surface area contributed by atoms with Crippen LogP contribution in [0.4, 0.5) is 11.5 Å². The van der Waals surface area contributed by atoms with Crippen LogP contribution in [-0.4, -0.2) is 47.3 Å². The van der Waals surface area contributed by atoms with Crippen molar-refractivity contribution in [3.05, 3.63) is 46.1 Å². The fourth-order valence-corrected chi connectivity index (χ4v) is 5.02. The molecule has 2 heterocycles. The molecule has 7 heteroatoms. The van der Waals surface area contributed by atoms with Crippen LogP contribution in [0.25, 0.3) is 0 Å². The number of morpholine rings is 1. The zero-order chi connectivity index (χ0) is 19.1. The van der Waals surface area contributed by atoms with Gasteiger partial charge in [-0.15, -0.1) is 10.2 Å². The summed E-state index contributed by atoms with van der Waals surface area (Å²) in [6.45, 7) is 2.40. The standard InChI is InChI=1S/C21H23ClN4O2/c22-15-2-1-3-16(12-15)23-20-18-14-6-4-13(5-7-14)17(18)19(24-25-20)21(27)26-8-10-28-11-9-26/h1-3,12-14H,4-11H2,(H,23,25). The Bertz CT molecular complexity index is 905. The number of aromatic nitrogens is 2. The van der Waals surface area contributed by atoms with Crippen molar-refractivity contribution < 1.29 is 9.53 Å². The van der Waals surface area contributed by atoms with Crippen LogP contribution in [0.15, 0.2) is 24.3 Å². The number of nitrogens with zero attached hydrogens (tertiary/aromatic N) is 3. The van der Waals surface area contributed by atoms with E-state index in [0.29, 0.717) is 48.9 Å². The van der Waals surface area contributed by atoms with Crippen molar-refractivity contribution in [1.82, 2.24) is 15.1 Å². The summed E-state index contributed by atoms with van der Waals surface area (Å²) in [6.07, 6.45) is 4.56. The lowest BCUT2D eigenvalue weighted by atomic mass is 9.66. The van der Waals surface area contributed by atoms with Crippen LogP contribution in [0.1, 0.15) is 59.1 Å². The van der Waals surface area contributed by atoms with E-state index in [1.54, 1.807) is 0 Å². The summed E-state index contributed by atoms with van der Waals surface area (Å²) < 4.78 is 5.39. The molecular weight excluding hydrogens is 376 g/mol. The average Bonchev–Trinajstić information content (AvgIpc) is 2.75. The summed E-state index contributed by atoms with van der Waals surface area (Å²) in [7, 11) is 0. The molecule has 28 heavy (non-hydrogen) atoms. The Morgan fingerprint density at radius 2 is 1.79 bits per heavy atom. The van der Waals surface area contributed by atoms with Crippen molar-refractivity contribution in [3.63, 3.8) is 0 Å². The molecule has 1 saturated heterocycles. The van der Waals surface area contributed by atoms with Crippen LogP contribution in [0.2, 0.25) is 5.02 Å². The van der Waals surface area contributed by atoms with Crippen LogP contribution in [0.3, 0.4) is 0 Å². The normalized spacial score (nSPS) is 23.4. The van der Waals surface area contributed by atoms with E-state index in [1.165, 1.54) is 5.56 Å². The number of anilines is 2. The highest BCUT2D eigenvalue weighted by molar-refractivity contribution is 6.30. The number of hydrogen-bond acceptors (Lipinski definition) is 5. The number of amides is 1. The van der Waals surface area contributed by atoms with Gasteiger partial charge in [0.1, 0.15) is 0 Å². The van der Waals surface area contributed by atoms with Gasteiger partial charge in [-0.3, -0.25) is 4.79 Å². The maximum absolute atomic E-state index is 13.2. The fraction of sp³-hybridized carbons (Fsp3) is 0.476. The molecule has 1 N–H and O–H groups in total. The molecule has 0 radical (unpaired) electrons. The smallest absolute Gasteiger partial charge is 0.274 e. The van der Waals surface area contributed by atoms with E-state index in [9.17, 15) is 4.79 Å². The number of ether oxygens (including phenoxy) is 1. The van der Waals surface area contributed by atoms with Crippen molar-refractivity contribution >= 4 is 29.0 Å². The van der Waals surface area contributed by atoms with Gasteiger partial charge in [0, 0.05) is 29.4 Å². The summed E-state index contributed by atoms with van der Waals surface area (Å²) in [5.74, 6) is 1.60. The molecule has 4 aliphatic rings. The van der Waals surface area contributed by atoms with Crippen LogP contribution >= 0.6 is 11.6 Å². The van der Waals surface area contributed by atoms with Crippen LogP contribution in [0.5, 0.6) is 0 Å². The van der Waals surface area contributed by atoms with E-state index < -0.39 is 0 Å². The van der Waals surface area contributed by atoms with Gasteiger partial charge in [-0.25, -0.2) is 0 Å². The molecule has 0 spiro atoms. The predicted octanol–water partition coefficient (Wildman–Crippen LogP) is 4.10. The molecule has 2 bridgehead atoms. The topological polar surface area (TPSA) is 67.4 Å². The van der Waals surface area contributed by atoms with Crippen LogP contribution < -0.4 is 5.32 Å². The lowest BCUT2D eigenvalue weighted by molar-refractivity contribution is 0.0296. The largest absolute Gasteiger partial charge is 0.378 e. The second-order valence-electron chi connectivity index (χ2n) is 7.81. The Morgan fingerprint density at radius 1 is 1.07 bits per heavy atom. The molecule has 2 aromatic rings. The first kappa shape index (κ1) is 17.9. The number of nitrogens with one attached hydrogen (secondary N) is 1. The molecule has 1 aliphatic heterocycles. The van der Waals surface area contributed by atoms with Gasteiger partial charge in [0.2, 0.25) is 0 Å². The molecular formula is C21H23ClN4O2. The highest BCUT2D eigenvalue weighted by Crippen LogP contribution is 2.52. The molecule has 1 saturated carbocycles. The number of carbonyl (C=O) groups is 1. The quantitative estimate of drug-likeness (QED) is 0.843. The number of benzene rings is 1. The van der Waals surface area contributed by atoms with Crippen molar-refractivity contribution in [3.8, 4) is 0 Å². The molecule has 0 unspecified atom stereocenters. The van der Waals surface area contributed by atoms with Gasteiger partial charge < -0.3 is 15.0 Å². The zero-order valence-corrected chi connectivity index (χ0v) is 16.4. The van der Waals surface area contributed by atoms with E-state index in [4.69, 9.17) is 16.3 Å². The zero-order valence-electron chi connectivity index (χ0n) is 15.7.